The highest BCUT2D eigenvalue weighted by Crippen LogP contribution is 2.46. The fourth-order valence-electron chi connectivity index (χ4n) is 5.03. The maximum atomic E-state index is 13.1. The molecule has 2 heterocycles. The molecule has 3 rings (SSSR count). The van der Waals surface area contributed by atoms with Crippen LogP contribution in [-0.4, -0.2) is 67.6 Å². The average molecular weight is 502 g/mol. The largest absolute Gasteiger partial charge is 0.433 e. The lowest BCUT2D eigenvalue weighted by molar-refractivity contribution is -0.118. The second-order valence-corrected chi connectivity index (χ2v) is 12.6. The van der Waals surface area contributed by atoms with Gasteiger partial charge in [0, 0.05) is 12.1 Å². The highest BCUT2D eigenvalue weighted by Gasteiger charge is 2.48. The summed E-state index contributed by atoms with van der Waals surface area (Å²) in [5, 5.41) is 2.66. The van der Waals surface area contributed by atoms with Crippen LogP contribution in [0.25, 0.3) is 0 Å². The number of nitrogens with zero attached hydrogens (tertiary/aromatic N) is 2. The zero-order valence-corrected chi connectivity index (χ0v) is 21.3. The van der Waals surface area contributed by atoms with E-state index in [1.807, 2.05) is 32.6 Å². The number of carbonyl (C=O) groups excluding carboxylic acids is 1. The van der Waals surface area contributed by atoms with Gasteiger partial charge in [-0.2, -0.15) is 13.1 Å². The molecule has 10 heteroatoms. The number of hydrogen-bond donors (Lipinski definition) is 1. The van der Waals surface area contributed by atoms with Crippen LogP contribution < -0.4 is 10.1 Å². The number of alkyl halides is 2. The Morgan fingerprint density at radius 3 is 2.38 bits per heavy atom. The molecule has 1 aromatic carbocycles. The number of ether oxygens (including phenoxy) is 1. The minimum absolute atomic E-state index is 0.0651. The third-order valence-corrected chi connectivity index (χ3v) is 9.34. The number of carbonyl (C=O) groups is 1. The van der Waals surface area contributed by atoms with E-state index in [9.17, 15) is 22.0 Å². The molecule has 1 amide bonds. The summed E-state index contributed by atoms with van der Waals surface area (Å²) in [6.45, 7) is 6.91. The number of sulfonamides is 1. The van der Waals surface area contributed by atoms with Gasteiger partial charge in [0.05, 0.1) is 18.0 Å². The molecule has 34 heavy (non-hydrogen) atoms. The number of likely N-dealkylation sites (tertiary alicyclic amines) is 1. The first-order chi connectivity index (χ1) is 15.8. The molecule has 1 N–H and O–H groups in total. The van der Waals surface area contributed by atoms with Gasteiger partial charge in [-0.05, 0) is 76.1 Å². The number of rotatable bonds is 8. The molecule has 0 bridgehead atoms. The quantitative estimate of drug-likeness (QED) is 0.579. The zero-order chi connectivity index (χ0) is 25.1. The van der Waals surface area contributed by atoms with Crippen molar-refractivity contribution in [2.75, 3.05) is 37.2 Å². The third-order valence-electron chi connectivity index (χ3n) is 6.96. The molecule has 7 nitrogen and oxygen atoms in total. The fourth-order valence-corrected chi connectivity index (χ4v) is 7.37. The number of anilines is 1. The van der Waals surface area contributed by atoms with Crippen molar-refractivity contribution in [3.05, 3.63) is 24.3 Å². The zero-order valence-electron chi connectivity index (χ0n) is 20.5. The van der Waals surface area contributed by atoms with Crippen LogP contribution in [0.3, 0.4) is 0 Å². The molecule has 1 aromatic rings. The summed E-state index contributed by atoms with van der Waals surface area (Å²) in [7, 11) is -3.36. The lowest BCUT2D eigenvalue weighted by Gasteiger charge is -2.53. The Kier molecular flexibility index (Phi) is 8.25. The first kappa shape index (κ1) is 26.8. The van der Waals surface area contributed by atoms with Crippen molar-refractivity contribution in [1.82, 2.24) is 9.21 Å². The van der Waals surface area contributed by atoms with Gasteiger partial charge in [-0.1, -0.05) is 26.0 Å². The molecule has 2 aliphatic heterocycles. The van der Waals surface area contributed by atoms with Crippen molar-refractivity contribution < 1.29 is 26.7 Å². The summed E-state index contributed by atoms with van der Waals surface area (Å²) in [6, 6.07) is 6.11. The standard InChI is InChI=1S/C24H37F2N3O4S/c1-18(2)16-34(31,32)29-17-24(10-9-23(29,3)4)11-13-28(14-12-24)15-21(30)27-19-7-5-6-8-20(19)33-22(25)26/h5-8,18,22H,9-17H2,1-4H3,(H,27,30). The summed E-state index contributed by atoms with van der Waals surface area (Å²) in [4.78, 5) is 14.6. The van der Waals surface area contributed by atoms with E-state index in [-0.39, 0.29) is 41.0 Å². The Bertz CT molecular complexity index is 961. The summed E-state index contributed by atoms with van der Waals surface area (Å²) in [5.41, 5.74) is -0.268. The topological polar surface area (TPSA) is 79.0 Å². The van der Waals surface area contributed by atoms with Gasteiger partial charge in [-0.25, -0.2) is 8.42 Å². The number of benzene rings is 1. The van der Waals surface area contributed by atoms with Crippen molar-refractivity contribution in [3.8, 4) is 5.75 Å². The van der Waals surface area contributed by atoms with Crippen molar-refractivity contribution in [2.24, 2.45) is 11.3 Å². The molecule has 0 radical (unpaired) electrons. The number of amides is 1. The first-order valence-corrected chi connectivity index (χ1v) is 13.5. The van der Waals surface area contributed by atoms with Crippen molar-refractivity contribution >= 4 is 21.6 Å². The Labute approximate surface area is 201 Å². The Hall–Kier alpha value is -1.78. The molecular formula is C24H37F2N3O4S. The minimum atomic E-state index is -3.36. The van der Waals surface area contributed by atoms with Gasteiger partial charge in [-0.15, -0.1) is 0 Å². The predicted octanol–water partition coefficient (Wildman–Crippen LogP) is 4.17. The number of halogens is 2. The average Bonchev–Trinajstić information content (AvgIpc) is 2.72. The highest BCUT2D eigenvalue weighted by molar-refractivity contribution is 7.89. The predicted molar refractivity (Wildman–Crippen MR) is 128 cm³/mol. The van der Waals surface area contributed by atoms with Gasteiger partial charge in [-0.3, -0.25) is 9.69 Å². The number of para-hydroxylation sites is 2. The smallest absolute Gasteiger partial charge is 0.387 e. The van der Waals surface area contributed by atoms with Gasteiger partial charge >= 0.3 is 6.61 Å². The molecule has 0 unspecified atom stereocenters. The van der Waals surface area contributed by atoms with E-state index in [0.717, 1.165) is 25.7 Å². The van der Waals surface area contributed by atoms with Gasteiger partial charge in [0.15, 0.2) is 0 Å². The van der Waals surface area contributed by atoms with Gasteiger partial charge < -0.3 is 10.1 Å². The van der Waals surface area contributed by atoms with Crippen LogP contribution in [0.1, 0.15) is 53.4 Å². The molecule has 2 saturated heterocycles. The van der Waals surface area contributed by atoms with E-state index in [2.05, 4.69) is 10.1 Å². The summed E-state index contributed by atoms with van der Waals surface area (Å²) < 4.78 is 57.7. The van der Waals surface area contributed by atoms with Crippen LogP contribution in [0.2, 0.25) is 0 Å². The Balaban J connectivity index is 1.59. The van der Waals surface area contributed by atoms with Crippen LogP contribution in [0.5, 0.6) is 5.75 Å². The van der Waals surface area contributed by atoms with E-state index >= 15 is 0 Å². The van der Waals surface area contributed by atoms with E-state index < -0.39 is 22.2 Å². The van der Waals surface area contributed by atoms with Crippen LogP contribution in [-0.2, 0) is 14.8 Å². The molecule has 1 spiro atoms. The van der Waals surface area contributed by atoms with E-state index in [0.29, 0.717) is 19.6 Å². The summed E-state index contributed by atoms with van der Waals surface area (Å²) in [6.07, 6.45) is 3.40. The van der Waals surface area contributed by atoms with E-state index in [4.69, 9.17) is 0 Å². The molecule has 0 aliphatic carbocycles. The molecule has 2 aliphatic rings. The summed E-state index contributed by atoms with van der Waals surface area (Å²) in [5.74, 6) is -0.159. The summed E-state index contributed by atoms with van der Waals surface area (Å²) >= 11 is 0. The van der Waals surface area contributed by atoms with Crippen LogP contribution in [0.15, 0.2) is 24.3 Å². The van der Waals surface area contributed by atoms with Crippen LogP contribution in [0, 0.1) is 11.3 Å². The third kappa shape index (κ3) is 6.66. The normalized spacial score (nSPS) is 21.2. The van der Waals surface area contributed by atoms with Gasteiger partial charge in [0.25, 0.3) is 0 Å². The second-order valence-electron chi connectivity index (χ2n) is 10.7. The maximum absolute atomic E-state index is 13.1. The van der Waals surface area contributed by atoms with E-state index in [1.54, 1.807) is 16.4 Å². The van der Waals surface area contributed by atoms with Crippen LogP contribution >= 0.6 is 0 Å². The monoisotopic (exact) mass is 501 g/mol. The lowest BCUT2D eigenvalue weighted by Crippen LogP contribution is -2.59. The lowest BCUT2D eigenvalue weighted by atomic mass is 9.69. The SMILES string of the molecule is CC(C)CS(=O)(=O)N1CC2(CCN(CC(=O)Nc3ccccc3OC(F)F)CC2)CCC1(C)C. The van der Waals surface area contributed by atoms with E-state index in [1.165, 1.54) is 12.1 Å². The van der Waals surface area contributed by atoms with Crippen molar-refractivity contribution in [1.29, 1.82) is 0 Å². The van der Waals surface area contributed by atoms with Crippen molar-refractivity contribution in [3.63, 3.8) is 0 Å². The Morgan fingerprint density at radius 1 is 1.12 bits per heavy atom. The van der Waals surface area contributed by atoms with Gasteiger partial charge in [0.1, 0.15) is 5.75 Å². The number of hydrogen-bond acceptors (Lipinski definition) is 5. The number of piperidine rings is 2. The van der Waals surface area contributed by atoms with Gasteiger partial charge in [0.2, 0.25) is 15.9 Å². The molecule has 0 atom stereocenters. The second kappa shape index (κ2) is 10.5. The molecule has 0 aromatic heterocycles. The molecular weight excluding hydrogens is 464 g/mol. The first-order valence-electron chi connectivity index (χ1n) is 11.9. The molecule has 2 fully saturated rings. The minimum Gasteiger partial charge on any atom is -0.433 e. The van der Waals surface area contributed by atoms with Crippen LogP contribution in [0.4, 0.5) is 14.5 Å². The fraction of sp³-hybridized carbons (Fsp3) is 0.708. The number of nitrogens with one attached hydrogen (secondary N) is 1. The highest BCUT2D eigenvalue weighted by atomic mass is 32.2. The Morgan fingerprint density at radius 2 is 1.76 bits per heavy atom. The molecule has 0 saturated carbocycles. The maximum Gasteiger partial charge on any atom is 0.387 e. The molecule has 192 valence electrons. The van der Waals surface area contributed by atoms with Crippen molar-refractivity contribution in [2.45, 2.75) is 65.5 Å².